The molecule has 0 aliphatic carbocycles. The van der Waals surface area contributed by atoms with Gasteiger partial charge in [0.25, 0.3) is 0 Å². The van der Waals surface area contributed by atoms with Crippen LogP contribution in [0.3, 0.4) is 0 Å². The van der Waals surface area contributed by atoms with Crippen LogP contribution in [-0.4, -0.2) is 17.8 Å². The summed E-state index contributed by atoms with van der Waals surface area (Å²) in [6, 6.07) is 0. The van der Waals surface area contributed by atoms with Crippen LogP contribution in [0.4, 0.5) is 0 Å². The number of carbonyl (C=O) groups excluding carboxylic acids is 1. The van der Waals surface area contributed by atoms with Crippen LogP contribution in [0.1, 0.15) is 26.2 Å². The molecule has 0 saturated heterocycles. The maximum absolute atomic E-state index is 10.8. The van der Waals surface area contributed by atoms with E-state index < -0.39 is 0 Å². The van der Waals surface area contributed by atoms with Crippen molar-refractivity contribution in [3.63, 3.8) is 0 Å². The van der Waals surface area contributed by atoms with Crippen LogP contribution in [-0.2, 0) is 4.79 Å². The molecule has 0 atom stereocenters. The van der Waals surface area contributed by atoms with Crippen LogP contribution in [0.5, 0.6) is 0 Å². The number of rotatable bonds is 5. The van der Waals surface area contributed by atoms with Crippen molar-refractivity contribution >= 4 is 21.8 Å². The van der Waals surface area contributed by atoms with E-state index in [1.165, 1.54) is 0 Å². The molecule has 0 aliphatic rings. The van der Waals surface area contributed by atoms with E-state index in [-0.39, 0.29) is 5.91 Å². The molecule has 0 heterocycles. The van der Waals surface area contributed by atoms with Crippen molar-refractivity contribution in [1.82, 2.24) is 5.32 Å². The van der Waals surface area contributed by atoms with Gasteiger partial charge < -0.3 is 5.32 Å². The number of unbranched alkanes of at least 4 members (excludes halogenated alkanes) is 1. The third kappa shape index (κ3) is 6.08. The van der Waals surface area contributed by atoms with Gasteiger partial charge in [0.15, 0.2) is 0 Å². The minimum absolute atomic E-state index is 0.170. The first-order chi connectivity index (χ1) is 4.81. The predicted molar refractivity (Wildman–Crippen MR) is 46.3 cm³/mol. The van der Waals surface area contributed by atoms with Crippen LogP contribution in [0.2, 0.25) is 0 Å². The molecule has 0 fully saturated rings. The number of alkyl halides is 1. The van der Waals surface area contributed by atoms with Crippen molar-refractivity contribution in [2.75, 3.05) is 11.9 Å². The van der Waals surface area contributed by atoms with Crippen LogP contribution in [0.15, 0.2) is 0 Å². The summed E-state index contributed by atoms with van der Waals surface area (Å²) in [5, 5.41) is 3.74. The first-order valence-corrected chi connectivity index (χ1v) is 4.76. The number of halogens is 1. The number of nitrogens with one attached hydrogen (secondary N) is 1. The van der Waals surface area contributed by atoms with Gasteiger partial charge in [0, 0.05) is 18.3 Å². The molecule has 0 aromatic carbocycles. The molecule has 0 aromatic heterocycles. The van der Waals surface area contributed by atoms with E-state index in [0.717, 1.165) is 24.7 Å². The third-order valence-corrected chi connectivity index (χ3v) is 1.72. The SMILES string of the molecule is CCNC(=O)CCCCBr. The molecule has 3 heteroatoms. The van der Waals surface area contributed by atoms with Gasteiger partial charge in [0.1, 0.15) is 0 Å². The summed E-state index contributed by atoms with van der Waals surface area (Å²) in [7, 11) is 0. The van der Waals surface area contributed by atoms with E-state index in [1.807, 2.05) is 6.92 Å². The van der Waals surface area contributed by atoms with Gasteiger partial charge in [-0.05, 0) is 19.8 Å². The van der Waals surface area contributed by atoms with Crippen LogP contribution in [0.25, 0.3) is 0 Å². The average Bonchev–Trinajstić information content (AvgIpc) is 1.89. The van der Waals surface area contributed by atoms with Crippen molar-refractivity contribution in [1.29, 1.82) is 0 Å². The van der Waals surface area contributed by atoms with Gasteiger partial charge >= 0.3 is 0 Å². The average molecular weight is 208 g/mol. The molecule has 2 nitrogen and oxygen atoms in total. The lowest BCUT2D eigenvalue weighted by molar-refractivity contribution is -0.121. The van der Waals surface area contributed by atoms with Gasteiger partial charge in [-0.25, -0.2) is 0 Å². The number of amides is 1. The van der Waals surface area contributed by atoms with Gasteiger partial charge in [-0.3, -0.25) is 4.79 Å². The Hall–Kier alpha value is -0.0500. The fourth-order valence-corrected chi connectivity index (χ4v) is 1.06. The van der Waals surface area contributed by atoms with E-state index in [2.05, 4.69) is 21.2 Å². The zero-order valence-corrected chi connectivity index (χ0v) is 7.91. The fraction of sp³-hybridized carbons (Fsp3) is 0.857. The van der Waals surface area contributed by atoms with Crippen LogP contribution in [0, 0.1) is 0 Å². The summed E-state index contributed by atoms with van der Waals surface area (Å²) in [5.74, 6) is 0.170. The standard InChI is InChI=1S/C7H14BrNO/c1-2-9-7(10)5-3-4-6-8/h2-6H2,1H3,(H,9,10). The second-order valence-electron chi connectivity index (χ2n) is 2.10. The Morgan fingerprint density at radius 3 is 2.70 bits per heavy atom. The lowest BCUT2D eigenvalue weighted by Gasteiger charge is -1.99. The van der Waals surface area contributed by atoms with E-state index in [9.17, 15) is 4.79 Å². The lowest BCUT2D eigenvalue weighted by atomic mass is 10.2. The summed E-state index contributed by atoms with van der Waals surface area (Å²) in [6.45, 7) is 2.68. The molecule has 0 radical (unpaired) electrons. The molecular formula is C7H14BrNO. The van der Waals surface area contributed by atoms with Crippen molar-refractivity contribution in [3.05, 3.63) is 0 Å². The summed E-state index contributed by atoms with van der Waals surface area (Å²) >= 11 is 3.31. The zero-order chi connectivity index (χ0) is 7.82. The van der Waals surface area contributed by atoms with Crippen molar-refractivity contribution in [2.45, 2.75) is 26.2 Å². The smallest absolute Gasteiger partial charge is 0.219 e. The molecule has 0 aromatic rings. The Labute approximate surface area is 70.5 Å². The van der Waals surface area contributed by atoms with E-state index in [1.54, 1.807) is 0 Å². The lowest BCUT2D eigenvalue weighted by Crippen LogP contribution is -2.21. The van der Waals surface area contributed by atoms with Crippen LogP contribution >= 0.6 is 15.9 Å². The molecule has 0 rings (SSSR count). The number of hydrogen-bond acceptors (Lipinski definition) is 1. The Balaban J connectivity index is 3.05. The van der Waals surface area contributed by atoms with E-state index in [4.69, 9.17) is 0 Å². The molecular weight excluding hydrogens is 194 g/mol. The maximum atomic E-state index is 10.8. The molecule has 0 unspecified atom stereocenters. The molecule has 0 saturated carbocycles. The Morgan fingerprint density at radius 1 is 1.50 bits per heavy atom. The Morgan fingerprint density at radius 2 is 2.20 bits per heavy atom. The molecule has 0 spiro atoms. The first kappa shape index (κ1) is 9.95. The summed E-state index contributed by atoms with van der Waals surface area (Å²) in [6.07, 6.45) is 2.73. The van der Waals surface area contributed by atoms with Crippen molar-refractivity contribution in [3.8, 4) is 0 Å². The second kappa shape index (κ2) is 7.06. The predicted octanol–water partition coefficient (Wildman–Crippen LogP) is 1.69. The quantitative estimate of drug-likeness (QED) is 0.540. The van der Waals surface area contributed by atoms with Gasteiger partial charge in [-0.1, -0.05) is 15.9 Å². The zero-order valence-electron chi connectivity index (χ0n) is 6.32. The van der Waals surface area contributed by atoms with Crippen molar-refractivity contribution in [2.24, 2.45) is 0 Å². The maximum Gasteiger partial charge on any atom is 0.219 e. The number of carbonyl (C=O) groups is 1. The highest BCUT2D eigenvalue weighted by Crippen LogP contribution is 1.97. The summed E-state index contributed by atoms with van der Waals surface area (Å²) in [5.41, 5.74) is 0. The minimum atomic E-state index is 0.170. The molecule has 60 valence electrons. The first-order valence-electron chi connectivity index (χ1n) is 3.64. The topological polar surface area (TPSA) is 29.1 Å². The van der Waals surface area contributed by atoms with E-state index >= 15 is 0 Å². The van der Waals surface area contributed by atoms with Crippen LogP contribution < -0.4 is 5.32 Å². The number of hydrogen-bond donors (Lipinski definition) is 1. The normalized spacial score (nSPS) is 9.40. The van der Waals surface area contributed by atoms with Gasteiger partial charge in [-0.2, -0.15) is 0 Å². The fourth-order valence-electron chi connectivity index (χ4n) is 0.666. The Bertz CT molecular complexity index is 95.6. The summed E-state index contributed by atoms with van der Waals surface area (Å²) in [4.78, 5) is 10.8. The Kier molecular flexibility index (Phi) is 7.03. The second-order valence-corrected chi connectivity index (χ2v) is 2.89. The highest BCUT2D eigenvalue weighted by Gasteiger charge is 1.96. The molecule has 0 aliphatic heterocycles. The molecule has 10 heavy (non-hydrogen) atoms. The molecule has 1 amide bonds. The molecule has 1 N–H and O–H groups in total. The highest BCUT2D eigenvalue weighted by atomic mass is 79.9. The van der Waals surface area contributed by atoms with E-state index in [0.29, 0.717) is 6.42 Å². The minimum Gasteiger partial charge on any atom is -0.356 e. The van der Waals surface area contributed by atoms with Gasteiger partial charge in [0.2, 0.25) is 5.91 Å². The molecule has 0 bridgehead atoms. The van der Waals surface area contributed by atoms with Gasteiger partial charge in [0.05, 0.1) is 0 Å². The monoisotopic (exact) mass is 207 g/mol. The third-order valence-electron chi connectivity index (χ3n) is 1.16. The van der Waals surface area contributed by atoms with Crippen molar-refractivity contribution < 1.29 is 4.79 Å². The van der Waals surface area contributed by atoms with Gasteiger partial charge in [-0.15, -0.1) is 0 Å². The largest absolute Gasteiger partial charge is 0.356 e. The highest BCUT2D eigenvalue weighted by molar-refractivity contribution is 9.09. The summed E-state index contributed by atoms with van der Waals surface area (Å²) < 4.78 is 0.